The average molecular weight is 204 g/mol. The highest BCUT2D eigenvalue weighted by Crippen LogP contribution is 2.30. The minimum atomic E-state index is 0.236. The zero-order valence-electron chi connectivity index (χ0n) is 8.33. The van der Waals surface area contributed by atoms with Crippen molar-refractivity contribution in [3.8, 4) is 0 Å². The molecule has 0 fully saturated rings. The largest absolute Gasteiger partial charge is 0.300 e. The van der Waals surface area contributed by atoms with Gasteiger partial charge in [0.05, 0.1) is 0 Å². The van der Waals surface area contributed by atoms with Gasteiger partial charge in [0.25, 0.3) is 0 Å². The molecule has 2 rings (SSSR count). The van der Waals surface area contributed by atoms with Gasteiger partial charge in [-0.15, -0.1) is 11.3 Å². The third kappa shape index (κ3) is 1.58. The number of rotatable bonds is 2. The molecule has 0 atom stereocenters. The first-order chi connectivity index (χ1) is 6.68. The van der Waals surface area contributed by atoms with Crippen LogP contribution >= 0.6 is 11.3 Å². The number of ketones is 1. The summed E-state index contributed by atoms with van der Waals surface area (Å²) in [6.07, 6.45) is 0.575. The highest BCUT2D eigenvalue weighted by molar-refractivity contribution is 7.19. The van der Waals surface area contributed by atoms with Crippen molar-refractivity contribution in [3.63, 3.8) is 0 Å². The van der Waals surface area contributed by atoms with E-state index in [1.165, 1.54) is 20.5 Å². The van der Waals surface area contributed by atoms with E-state index < -0.39 is 0 Å². The lowest BCUT2D eigenvalue weighted by Crippen LogP contribution is -1.94. The van der Waals surface area contributed by atoms with Crippen LogP contribution in [-0.4, -0.2) is 5.78 Å². The van der Waals surface area contributed by atoms with Crippen LogP contribution in [0.5, 0.6) is 0 Å². The standard InChI is InChI=1S/C12H12OS/c1-8(13)7-12-9(2)10-5-3-4-6-11(10)14-12/h3-6H,7H2,1-2H3. The Balaban J connectivity index is 2.57. The molecular formula is C12H12OS. The van der Waals surface area contributed by atoms with Gasteiger partial charge in [-0.2, -0.15) is 0 Å². The maximum Gasteiger partial charge on any atom is 0.135 e. The second-order valence-corrected chi connectivity index (χ2v) is 4.66. The van der Waals surface area contributed by atoms with Gasteiger partial charge in [-0.1, -0.05) is 18.2 Å². The van der Waals surface area contributed by atoms with Crippen molar-refractivity contribution in [2.75, 3.05) is 0 Å². The zero-order chi connectivity index (χ0) is 10.1. The quantitative estimate of drug-likeness (QED) is 0.733. The maximum absolute atomic E-state index is 11.0. The van der Waals surface area contributed by atoms with Gasteiger partial charge in [-0.3, -0.25) is 4.79 Å². The minimum absolute atomic E-state index is 0.236. The Morgan fingerprint density at radius 2 is 2.07 bits per heavy atom. The molecule has 0 N–H and O–H groups in total. The molecule has 0 saturated carbocycles. The van der Waals surface area contributed by atoms with Crippen LogP contribution in [-0.2, 0) is 11.2 Å². The Morgan fingerprint density at radius 1 is 1.36 bits per heavy atom. The van der Waals surface area contributed by atoms with E-state index in [0.29, 0.717) is 6.42 Å². The Bertz CT molecular complexity index is 482. The smallest absolute Gasteiger partial charge is 0.135 e. The molecule has 0 aliphatic heterocycles. The Morgan fingerprint density at radius 3 is 2.71 bits per heavy atom. The molecule has 72 valence electrons. The zero-order valence-corrected chi connectivity index (χ0v) is 9.15. The summed E-state index contributed by atoms with van der Waals surface area (Å²) in [6.45, 7) is 3.74. The van der Waals surface area contributed by atoms with E-state index in [4.69, 9.17) is 0 Å². The Hall–Kier alpha value is -1.15. The lowest BCUT2D eigenvalue weighted by molar-refractivity contribution is -0.116. The van der Waals surface area contributed by atoms with Crippen molar-refractivity contribution in [1.82, 2.24) is 0 Å². The van der Waals surface area contributed by atoms with Crippen LogP contribution in [0.15, 0.2) is 24.3 Å². The maximum atomic E-state index is 11.0. The fraction of sp³-hybridized carbons (Fsp3) is 0.250. The van der Waals surface area contributed by atoms with Crippen molar-refractivity contribution < 1.29 is 4.79 Å². The number of benzene rings is 1. The van der Waals surface area contributed by atoms with Crippen molar-refractivity contribution >= 4 is 27.2 Å². The Kier molecular flexibility index (Phi) is 2.38. The fourth-order valence-corrected chi connectivity index (χ4v) is 2.90. The van der Waals surface area contributed by atoms with Crippen LogP contribution in [0.3, 0.4) is 0 Å². The van der Waals surface area contributed by atoms with Crippen LogP contribution in [0.2, 0.25) is 0 Å². The molecule has 1 heterocycles. The SMILES string of the molecule is CC(=O)Cc1sc2ccccc2c1C. The van der Waals surface area contributed by atoms with Crippen molar-refractivity contribution in [1.29, 1.82) is 0 Å². The van der Waals surface area contributed by atoms with Crippen LogP contribution in [0.1, 0.15) is 17.4 Å². The van der Waals surface area contributed by atoms with Gasteiger partial charge in [0, 0.05) is 16.0 Å². The predicted octanol–water partition coefficient (Wildman–Crippen LogP) is 3.34. The van der Waals surface area contributed by atoms with Crippen molar-refractivity contribution in [2.45, 2.75) is 20.3 Å². The van der Waals surface area contributed by atoms with E-state index in [0.717, 1.165) is 0 Å². The third-order valence-electron chi connectivity index (χ3n) is 2.35. The molecule has 1 aromatic heterocycles. The summed E-state index contributed by atoms with van der Waals surface area (Å²) in [7, 11) is 0. The lowest BCUT2D eigenvalue weighted by atomic mass is 10.1. The van der Waals surface area contributed by atoms with Gasteiger partial charge in [0.15, 0.2) is 0 Å². The summed E-state index contributed by atoms with van der Waals surface area (Å²) < 4.78 is 1.28. The van der Waals surface area contributed by atoms with E-state index >= 15 is 0 Å². The molecular weight excluding hydrogens is 192 g/mol. The molecule has 0 spiro atoms. The Labute approximate surface area is 87.4 Å². The molecule has 1 aromatic carbocycles. The van der Waals surface area contributed by atoms with Gasteiger partial charge in [-0.05, 0) is 30.9 Å². The van der Waals surface area contributed by atoms with Crippen LogP contribution in [0.25, 0.3) is 10.1 Å². The van der Waals surface area contributed by atoms with E-state index in [1.54, 1.807) is 18.3 Å². The number of carbonyl (C=O) groups excluding carboxylic acids is 1. The molecule has 1 nitrogen and oxygen atoms in total. The highest BCUT2D eigenvalue weighted by atomic mass is 32.1. The topological polar surface area (TPSA) is 17.1 Å². The number of thiophene rings is 1. The first-order valence-electron chi connectivity index (χ1n) is 4.65. The van der Waals surface area contributed by atoms with Crippen molar-refractivity contribution in [2.24, 2.45) is 0 Å². The molecule has 0 radical (unpaired) electrons. The summed E-state index contributed by atoms with van der Waals surface area (Å²) in [6, 6.07) is 8.30. The normalized spacial score (nSPS) is 10.7. The minimum Gasteiger partial charge on any atom is -0.300 e. The molecule has 0 unspecified atom stereocenters. The van der Waals surface area contributed by atoms with E-state index in [2.05, 4.69) is 19.1 Å². The van der Waals surface area contributed by atoms with Gasteiger partial charge >= 0.3 is 0 Å². The second kappa shape index (κ2) is 3.54. The summed E-state index contributed by atoms with van der Waals surface area (Å²) in [5.74, 6) is 0.236. The van der Waals surface area contributed by atoms with Gasteiger partial charge in [0.1, 0.15) is 5.78 Å². The van der Waals surface area contributed by atoms with Crippen LogP contribution in [0.4, 0.5) is 0 Å². The second-order valence-electron chi connectivity index (χ2n) is 3.53. The molecule has 0 amide bonds. The molecule has 0 bridgehead atoms. The summed E-state index contributed by atoms with van der Waals surface area (Å²) in [5, 5.41) is 1.29. The molecule has 0 aliphatic rings. The predicted molar refractivity (Wildman–Crippen MR) is 60.9 cm³/mol. The summed E-state index contributed by atoms with van der Waals surface area (Å²) in [4.78, 5) is 12.3. The number of aryl methyl sites for hydroxylation is 1. The molecule has 14 heavy (non-hydrogen) atoms. The summed E-state index contributed by atoms with van der Waals surface area (Å²) >= 11 is 1.73. The molecule has 0 saturated heterocycles. The average Bonchev–Trinajstić information content (AvgIpc) is 2.44. The number of Topliss-reactive ketones (excluding diaryl/α,β-unsaturated/α-hetero) is 1. The first-order valence-corrected chi connectivity index (χ1v) is 5.46. The van der Waals surface area contributed by atoms with Gasteiger partial charge in [0.2, 0.25) is 0 Å². The third-order valence-corrected chi connectivity index (χ3v) is 3.62. The van der Waals surface area contributed by atoms with E-state index in [-0.39, 0.29) is 5.78 Å². The number of hydrogen-bond donors (Lipinski definition) is 0. The lowest BCUT2D eigenvalue weighted by Gasteiger charge is -1.94. The van der Waals surface area contributed by atoms with Gasteiger partial charge < -0.3 is 0 Å². The van der Waals surface area contributed by atoms with E-state index in [9.17, 15) is 4.79 Å². The fourth-order valence-electron chi connectivity index (χ4n) is 1.62. The van der Waals surface area contributed by atoms with Gasteiger partial charge in [-0.25, -0.2) is 0 Å². The van der Waals surface area contributed by atoms with E-state index in [1.807, 2.05) is 12.1 Å². The summed E-state index contributed by atoms with van der Waals surface area (Å²) in [5.41, 5.74) is 1.26. The monoisotopic (exact) mass is 204 g/mol. The van der Waals surface area contributed by atoms with Crippen LogP contribution in [0, 0.1) is 6.92 Å². The molecule has 0 aliphatic carbocycles. The number of carbonyl (C=O) groups is 1. The number of fused-ring (bicyclic) bond motifs is 1. The molecule has 2 heteroatoms. The highest BCUT2D eigenvalue weighted by Gasteiger charge is 2.08. The first kappa shape index (κ1) is 9.41. The van der Waals surface area contributed by atoms with Crippen LogP contribution < -0.4 is 0 Å². The molecule has 2 aromatic rings. The number of hydrogen-bond acceptors (Lipinski definition) is 2. The van der Waals surface area contributed by atoms with Crippen molar-refractivity contribution in [3.05, 3.63) is 34.7 Å².